The highest BCUT2D eigenvalue weighted by molar-refractivity contribution is 5.80. The predicted octanol–water partition coefficient (Wildman–Crippen LogP) is 2.11. The summed E-state index contributed by atoms with van der Waals surface area (Å²) in [6.07, 6.45) is 0.953. The molecule has 0 radical (unpaired) electrons. The van der Waals surface area contributed by atoms with Crippen molar-refractivity contribution in [3.63, 3.8) is 0 Å². The first-order valence-electron chi connectivity index (χ1n) is 10.3. The van der Waals surface area contributed by atoms with Gasteiger partial charge in [0.25, 0.3) is 5.56 Å². The summed E-state index contributed by atoms with van der Waals surface area (Å²) in [4.78, 5) is 29.6. The molecule has 1 aromatic carbocycles. The van der Waals surface area contributed by atoms with E-state index < -0.39 is 6.04 Å². The highest BCUT2D eigenvalue weighted by Crippen LogP contribution is 2.41. The molecule has 3 heterocycles. The minimum Gasteiger partial charge on any atom is -0.375 e. The van der Waals surface area contributed by atoms with Crippen molar-refractivity contribution >= 4 is 5.91 Å². The number of rotatable bonds is 6. The minimum atomic E-state index is -0.419. The van der Waals surface area contributed by atoms with Crippen LogP contribution in [-0.4, -0.2) is 60.6 Å². The molecule has 1 amide bonds. The van der Waals surface area contributed by atoms with Crippen LogP contribution >= 0.6 is 0 Å². The number of carbonyl (C=O) groups is 1. The zero-order chi connectivity index (χ0) is 20.4. The molecule has 2 aliphatic heterocycles. The van der Waals surface area contributed by atoms with Crippen LogP contribution in [0.25, 0.3) is 0 Å². The van der Waals surface area contributed by atoms with E-state index in [1.165, 1.54) is 5.56 Å². The summed E-state index contributed by atoms with van der Waals surface area (Å²) in [5, 5.41) is 0. The quantitative estimate of drug-likeness (QED) is 0.703. The summed E-state index contributed by atoms with van der Waals surface area (Å²) in [5.41, 5.74) is 2.09. The largest absolute Gasteiger partial charge is 0.375 e. The fourth-order valence-electron chi connectivity index (χ4n) is 4.75. The van der Waals surface area contributed by atoms with Gasteiger partial charge in [-0.05, 0) is 18.1 Å². The van der Waals surface area contributed by atoms with Crippen LogP contribution in [0.2, 0.25) is 0 Å². The van der Waals surface area contributed by atoms with Crippen LogP contribution in [0.3, 0.4) is 0 Å². The second-order valence-electron chi connectivity index (χ2n) is 8.33. The van der Waals surface area contributed by atoms with Crippen molar-refractivity contribution in [1.82, 2.24) is 14.4 Å². The maximum atomic E-state index is 13.0. The van der Waals surface area contributed by atoms with E-state index in [9.17, 15) is 9.59 Å². The van der Waals surface area contributed by atoms with Gasteiger partial charge in [-0.15, -0.1) is 0 Å². The molecule has 154 valence electrons. The molecule has 0 aliphatic carbocycles. The molecule has 1 saturated heterocycles. The van der Waals surface area contributed by atoms with E-state index in [1.54, 1.807) is 29.6 Å². The van der Waals surface area contributed by atoms with Crippen LogP contribution in [-0.2, 0) is 16.1 Å². The number of benzene rings is 1. The molecule has 6 heteroatoms. The summed E-state index contributed by atoms with van der Waals surface area (Å²) >= 11 is 0. The van der Waals surface area contributed by atoms with E-state index in [4.69, 9.17) is 4.74 Å². The number of piperidine rings is 1. The van der Waals surface area contributed by atoms with Crippen LogP contribution < -0.4 is 5.56 Å². The van der Waals surface area contributed by atoms with Crippen LogP contribution in [0.4, 0.5) is 0 Å². The second kappa shape index (κ2) is 8.51. The maximum Gasteiger partial charge on any atom is 0.251 e. The molecular weight excluding hydrogens is 366 g/mol. The average molecular weight is 396 g/mol. The molecule has 1 fully saturated rings. The summed E-state index contributed by atoms with van der Waals surface area (Å²) in [6.45, 7) is 3.82. The van der Waals surface area contributed by atoms with E-state index in [2.05, 4.69) is 17.0 Å². The molecule has 0 N–H and O–H groups in total. The van der Waals surface area contributed by atoms with Crippen molar-refractivity contribution in [3.05, 3.63) is 70.1 Å². The number of likely N-dealkylation sites (N-methyl/N-ethyl adjacent to an activating group) is 1. The lowest BCUT2D eigenvalue weighted by molar-refractivity contribution is -0.135. The topological polar surface area (TPSA) is 54.8 Å². The summed E-state index contributed by atoms with van der Waals surface area (Å²) in [6, 6.07) is 15.1. The summed E-state index contributed by atoms with van der Waals surface area (Å²) < 4.78 is 7.63. The third-order valence-electron chi connectivity index (χ3n) is 6.08. The summed E-state index contributed by atoms with van der Waals surface area (Å²) in [7, 11) is 3.53. The van der Waals surface area contributed by atoms with Gasteiger partial charge in [0.1, 0.15) is 6.04 Å². The van der Waals surface area contributed by atoms with Gasteiger partial charge in [-0.1, -0.05) is 36.4 Å². The second-order valence-corrected chi connectivity index (χ2v) is 8.33. The Balaban J connectivity index is 1.46. The van der Waals surface area contributed by atoms with Crippen molar-refractivity contribution in [3.8, 4) is 0 Å². The Labute approximate surface area is 171 Å². The fraction of sp³-hybridized carbons (Fsp3) is 0.478. The average Bonchev–Trinajstić information content (AvgIpc) is 2.72. The normalized spacial score (nSPS) is 23.4. The molecule has 0 spiro atoms. The molecule has 29 heavy (non-hydrogen) atoms. The Hall–Kier alpha value is -2.44. The SMILES string of the molecule is CN(C)C(=O)[C@H]1[C@H]2C[C@H](CN(CCOCc3ccccc3)C2)c2cccc(=O)n21. The zero-order valence-corrected chi connectivity index (χ0v) is 17.2. The van der Waals surface area contributed by atoms with Gasteiger partial charge in [0.05, 0.1) is 13.2 Å². The lowest BCUT2D eigenvalue weighted by Gasteiger charge is -2.46. The van der Waals surface area contributed by atoms with Crippen molar-refractivity contribution in [2.75, 3.05) is 40.3 Å². The number of pyridine rings is 1. The van der Waals surface area contributed by atoms with E-state index in [0.717, 1.165) is 31.7 Å². The molecule has 0 saturated carbocycles. The van der Waals surface area contributed by atoms with Crippen molar-refractivity contribution < 1.29 is 9.53 Å². The van der Waals surface area contributed by atoms with Crippen LogP contribution in [0, 0.1) is 5.92 Å². The fourth-order valence-corrected chi connectivity index (χ4v) is 4.75. The Morgan fingerprint density at radius 2 is 1.90 bits per heavy atom. The van der Waals surface area contributed by atoms with E-state index in [1.807, 2.05) is 30.3 Å². The number of likely N-dealkylation sites (tertiary alicyclic amines) is 1. The molecule has 2 aromatic rings. The van der Waals surface area contributed by atoms with Gasteiger partial charge in [-0.25, -0.2) is 0 Å². The van der Waals surface area contributed by atoms with Crippen LogP contribution in [0.1, 0.15) is 29.6 Å². The first kappa shape index (κ1) is 19.9. The van der Waals surface area contributed by atoms with Gasteiger partial charge in [-0.3, -0.25) is 14.2 Å². The highest BCUT2D eigenvalue weighted by Gasteiger charge is 2.43. The standard InChI is InChI=1S/C23H29N3O3/c1-24(2)23(28)22-19-13-18(20-9-6-10-21(27)26(20)22)14-25(15-19)11-12-29-16-17-7-4-3-5-8-17/h3-10,18-19,22H,11-16H2,1-2H3/t18-,19+,22-/m1/s1. The Morgan fingerprint density at radius 3 is 2.66 bits per heavy atom. The van der Waals surface area contributed by atoms with E-state index >= 15 is 0 Å². The monoisotopic (exact) mass is 395 g/mol. The van der Waals surface area contributed by atoms with Crippen LogP contribution in [0.5, 0.6) is 0 Å². The molecule has 2 bridgehead atoms. The Kier molecular flexibility index (Phi) is 5.83. The number of hydrogen-bond acceptors (Lipinski definition) is 4. The van der Waals surface area contributed by atoms with Gasteiger partial charge in [0.15, 0.2) is 0 Å². The first-order chi connectivity index (χ1) is 14.0. The van der Waals surface area contributed by atoms with Crippen LogP contribution in [0.15, 0.2) is 53.3 Å². The van der Waals surface area contributed by atoms with Crippen molar-refractivity contribution in [1.29, 1.82) is 0 Å². The number of hydrogen-bond donors (Lipinski definition) is 0. The Morgan fingerprint density at radius 1 is 1.10 bits per heavy atom. The highest BCUT2D eigenvalue weighted by atomic mass is 16.5. The molecule has 6 nitrogen and oxygen atoms in total. The maximum absolute atomic E-state index is 13.0. The van der Waals surface area contributed by atoms with Gasteiger partial charge in [0.2, 0.25) is 5.91 Å². The number of fused-ring (bicyclic) bond motifs is 4. The molecule has 1 aromatic heterocycles. The molecular formula is C23H29N3O3. The van der Waals surface area contributed by atoms with Crippen molar-refractivity contribution in [2.45, 2.75) is 25.0 Å². The zero-order valence-electron chi connectivity index (χ0n) is 17.2. The molecule has 0 unspecified atom stereocenters. The van der Waals surface area contributed by atoms with Crippen molar-refractivity contribution in [2.24, 2.45) is 5.92 Å². The number of nitrogens with zero attached hydrogens (tertiary/aromatic N) is 3. The number of carbonyl (C=O) groups excluding carboxylic acids is 1. The molecule has 2 aliphatic rings. The van der Waals surface area contributed by atoms with E-state index in [0.29, 0.717) is 13.2 Å². The third-order valence-corrected chi connectivity index (χ3v) is 6.08. The Bertz CT molecular complexity index is 909. The van der Waals surface area contributed by atoms with E-state index in [-0.39, 0.29) is 23.3 Å². The molecule has 4 rings (SSSR count). The first-order valence-corrected chi connectivity index (χ1v) is 10.3. The third kappa shape index (κ3) is 4.14. The lowest BCUT2D eigenvalue weighted by atomic mass is 9.78. The van der Waals surface area contributed by atoms with Gasteiger partial charge in [0, 0.05) is 57.3 Å². The number of aromatic nitrogens is 1. The smallest absolute Gasteiger partial charge is 0.251 e. The minimum absolute atomic E-state index is 0.00479. The predicted molar refractivity (Wildman–Crippen MR) is 112 cm³/mol. The number of ether oxygens (including phenoxy) is 1. The number of amides is 1. The van der Waals surface area contributed by atoms with Gasteiger partial charge >= 0.3 is 0 Å². The van der Waals surface area contributed by atoms with Gasteiger partial charge in [-0.2, -0.15) is 0 Å². The summed E-state index contributed by atoms with van der Waals surface area (Å²) in [5.74, 6) is 0.429. The molecule has 3 atom stereocenters. The van der Waals surface area contributed by atoms with Gasteiger partial charge < -0.3 is 14.5 Å². The lowest BCUT2D eigenvalue weighted by Crippen LogP contribution is -2.53.